The molecule has 1 heterocycles. The van der Waals surface area contributed by atoms with Gasteiger partial charge in [0.1, 0.15) is 0 Å². The quantitative estimate of drug-likeness (QED) is 0.795. The van der Waals surface area contributed by atoms with E-state index in [0.29, 0.717) is 0 Å². The van der Waals surface area contributed by atoms with E-state index in [1.807, 2.05) is 17.9 Å². The summed E-state index contributed by atoms with van der Waals surface area (Å²) in [6.07, 6.45) is 4.64. The number of hydrogen-bond acceptors (Lipinski definition) is 2. The van der Waals surface area contributed by atoms with Crippen LogP contribution in [-0.2, 0) is 24.7 Å². The number of aryl methyl sites for hydroxylation is 1. The molecule has 0 fully saturated rings. The van der Waals surface area contributed by atoms with Gasteiger partial charge in [0.05, 0.1) is 12.1 Å². The van der Waals surface area contributed by atoms with Crippen molar-refractivity contribution in [1.82, 2.24) is 9.78 Å². The standard InChI is InChI=1S/C11H16N2O2/c1-7(11(14)15)8-3-4-10-9(5-8)6-12-13(10)2/h6-8H,3-5H2,1-2H3,(H,14,15). The van der Waals surface area contributed by atoms with Crippen LogP contribution in [0.4, 0.5) is 0 Å². The second-order valence-electron chi connectivity index (χ2n) is 4.37. The van der Waals surface area contributed by atoms with Crippen LogP contribution in [-0.4, -0.2) is 20.9 Å². The molecule has 1 aromatic heterocycles. The van der Waals surface area contributed by atoms with Gasteiger partial charge >= 0.3 is 5.97 Å². The van der Waals surface area contributed by atoms with E-state index in [9.17, 15) is 4.79 Å². The molecule has 15 heavy (non-hydrogen) atoms. The van der Waals surface area contributed by atoms with Crippen LogP contribution >= 0.6 is 0 Å². The second kappa shape index (κ2) is 3.68. The second-order valence-corrected chi connectivity index (χ2v) is 4.37. The van der Waals surface area contributed by atoms with Crippen LogP contribution in [0, 0.1) is 11.8 Å². The SMILES string of the molecule is CC(C(=O)O)C1CCc2c(cnn2C)C1. The molecule has 2 rings (SSSR count). The molecule has 0 radical (unpaired) electrons. The van der Waals surface area contributed by atoms with E-state index in [4.69, 9.17) is 5.11 Å². The molecule has 0 saturated heterocycles. The number of hydrogen-bond donors (Lipinski definition) is 1. The Hall–Kier alpha value is -1.32. The summed E-state index contributed by atoms with van der Waals surface area (Å²) < 4.78 is 1.90. The van der Waals surface area contributed by atoms with Crippen LogP contribution in [0.3, 0.4) is 0 Å². The average molecular weight is 208 g/mol. The van der Waals surface area contributed by atoms with Gasteiger partial charge in [0.2, 0.25) is 0 Å². The first-order chi connectivity index (χ1) is 7.09. The van der Waals surface area contributed by atoms with Crippen molar-refractivity contribution < 1.29 is 9.90 Å². The predicted octanol–water partition coefficient (Wildman–Crippen LogP) is 1.25. The van der Waals surface area contributed by atoms with Crippen molar-refractivity contribution >= 4 is 5.97 Å². The molecule has 2 unspecified atom stereocenters. The molecule has 4 heteroatoms. The summed E-state index contributed by atoms with van der Waals surface area (Å²) >= 11 is 0. The number of carboxylic acids is 1. The summed E-state index contributed by atoms with van der Waals surface area (Å²) in [5, 5.41) is 13.2. The summed E-state index contributed by atoms with van der Waals surface area (Å²) in [5.41, 5.74) is 2.49. The normalized spacial score (nSPS) is 22.1. The molecule has 0 bridgehead atoms. The smallest absolute Gasteiger partial charge is 0.306 e. The van der Waals surface area contributed by atoms with E-state index in [0.717, 1.165) is 19.3 Å². The zero-order valence-corrected chi connectivity index (χ0v) is 9.10. The van der Waals surface area contributed by atoms with Gasteiger partial charge in [0.25, 0.3) is 0 Å². The molecular formula is C11H16N2O2. The Morgan fingerprint density at radius 1 is 1.73 bits per heavy atom. The van der Waals surface area contributed by atoms with E-state index < -0.39 is 5.97 Å². The molecule has 0 aliphatic heterocycles. The Bertz CT molecular complexity index is 384. The number of carbonyl (C=O) groups is 1. The lowest BCUT2D eigenvalue weighted by Gasteiger charge is -2.25. The first kappa shape index (κ1) is 10.2. The van der Waals surface area contributed by atoms with Crippen molar-refractivity contribution in [2.75, 3.05) is 0 Å². The zero-order chi connectivity index (χ0) is 11.0. The van der Waals surface area contributed by atoms with Crippen LogP contribution < -0.4 is 0 Å². The van der Waals surface area contributed by atoms with Gasteiger partial charge in [-0.1, -0.05) is 6.92 Å². The largest absolute Gasteiger partial charge is 0.481 e. The lowest BCUT2D eigenvalue weighted by molar-refractivity contribution is -0.143. The predicted molar refractivity (Wildman–Crippen MR) is 55.5 cm³/mol. The van der Waals surface area contributed by atoms with Gasteiger partial charge in [-0.05, 0) is 30.7 Å². The number of carboxylic acid groups (broad SMARTS) is 1. The lowest BCUT2D eigenvalue weighted by Crippen LogP contribution is -2.26. The summed E-state index contributed by atoms with van der Waals surface area (Å²) in [4.78, 5) is 10.9. The molecule has 0 amide bonds. The number of nitrogens with zero attached hydrogens (tertiary/aromatic N) is 2. The first-order valence-corrected chi connectivity index (χ1v) is 5.32. The highest BCUT2D eigenvalue weighted by molar-refractivity contribution is 5.70. The number of aromatic nitrogens is 2. The van der Waals surface area contributed by atoms with Gasteiger partial charge in [0.15, 0.2) is 0 Å². The zero-order valence-electron chi connectivity index (χ0n) is 9.10. The summed E-state index contributed by atoms with van der Waals surface area (Å²) in [7, 11) is 1.94. The fourth-order valence-electron chi connectivity index (χ4n) is 2.34. The summed E-state index contributed by atoms with van der Waals surface area (Å²) in [6.45, 7) is 1.80. The van der Waals surface area contributed by atoms with Crippen molar-refractivity contribution in [3.63, 3.8) is 0 Å². The van der Waals surface area contributed by atoms with Crippen LogP contribution in [0.15, 0.2) is 6.20 Å². The lowest BCUT2D eigenvalue weighted by atomic mass is 9.80. The fourth-order valence-corrected chi connectivity index (χ4v) is 2.34. The fraction of sp³-hybridized carbons (Fsp3) is 0.636. The average Bonchev–Trinajstić information content (AvgIpc) is 2.59. The maximum Gasteiger partial charge on any atom is 0.306 e. The van der Waals surface area contributed by atoms with E-state index in [1.165, 1.54) is 11.3 Å². The third-order valence-corrected chi connectivity index (χ3v) is 3.48. The monoisotopic (exact) mass is 208 g/mol. The van der Waals surface area contributed by atoms with E-state index in [1.54, 1.807) is 6.92 Å². The first-order valence-electron chi connectivity index (χ1n) is 5.32. The van der Waals surface area contributed by atoms with E-state index >= 15 is 0 Å². The molecule has 82 valence electrons. The maximum absolute atomic E-state index is 10.9. The molecule has 4 nitrogen and oxygen atoms in total. The molecular weight excluding hydrogens is 192 g/mol. The van der Waals surface area contributed by atoms with Crippen molar-refractivity contribution in [3.05, 3.63) is 17.5 Å². The molecule has 2 atom stereocenters. The van der Waals surface area contributed by atoms with Crippen molar-refractivity contribution in [2.45, 2.75) is 26.2 Å². The minimum absolute atomic E-state index is 0.252. The van der Waals surface area contributed by atoms with Crippen LogP contribution in [0.2, 0.25) is 0 Å². The number of rotatable bonds is 2. The molecule has 0 saturated carbocycles. The highest BCUT2D eigenvalue weighted by Gasteiger charge is 2.29. The van der Waals surface area contributed by atoms with Crippen molar-refractivity contribution in [3.8, 4) is 0 Å². The molecule has 0 spiro atoms. The highest BCUT2D eigenvalue weighted by atomic mass is 16.4. The summed E-state index contributed by atoms with van der Waals surface area (Å²) in [6, 6.07) is 0. The molecule has 0 aromatic carbocycles. The van der Waals surface area contributed by atoms with Crippen LogP contribution in [0.5, 0.6) is 0 Å². The minimum Gasteiger partial charge on any atom is -0.481 e. The molecule has 1 aromatic rings. The Morgan fingerprint density at radius 2 is 2.47 bits per heavy atom. The molecule has 1 aliphatic rings. The molecule has 1 aliphatic carbocycles. The van der Waals surface area contributed by atoms with Crippen LogP contribution in [0.1, 0.15) is 24.6 Å². The van der Waals surface area contributed by atoms with Gasteiger partial charge in [-0.3, -0.25) is 9.48 Å². The van der Waals surface area contributed by atoms with E-state index in [2.05, 4.69) is 5.10 Å². The Labute approximate surface area is 88.9 Å². The third kappa shape index (κ3) is 1.76. The van der Waals surface area contributed by atoms with Gasteiger partial charge in [-0.2, -0.15) is 5.10 Å². The van der Waals surface area contributed by atoms with Gasteiger partial charge in [-0.15, -0.1) is 0 Å². The topological polar surface area (TPSA) is 55.1 Å². The highest BCUT2D eigenvalue weighted by Crippen LogP contribution is 2.29. The number of fused-ring (bicyclic) bond motifs is 1. The van der Waals surface area contributed by atoms with Gasteiger partial charge in [-0.25, -0.2) is 0 Å². The Kier molecular flexibility index (Phi) is 2.50. The third-order valence-electron chi connectivity index (χ3n) is 3.48. The minimum atomic E-state index is -0.688. The van der Waals surface area contributed by atoms with Crippen LogP contribution in [0.25, 0.3) is 0 Å². The maximum atomic E-state index is 10.9. The van der Waals surface area contributed by atoms with Gasteiger partial charge in [0, 0.05) is 12.7 Å². The van der Waals surface area contributed by atoms with Gasteiger partial charge < -0.3 is 5.11 Å². The molecule has 1 N–H and O–H groups in total. The summed E-state index contributed by atoms with van der Waals surface area (Å²) in [5.74, 6) is -0.676. The Balaban J connectivity index is 2.15. The van der Waals surface area contributed by atoms with Crippen molar-refractivity contribution in [2.24, 2.45) is 18.9 Å². The van der Waals surface area contributed by atoms with Crippen molar-refractivity contribution in [1.29, 1.82) is 0 Å². The van der Waals surface area contributed by atoms with E-state index in [-0.39, 0.29) is 11.8 Å². The Morgan fingerprint density at radius 3 is 3.13 bits per heavy atom. The number of aliphatic carboxylic acids is 1.